The summed E-state index contributed by atoms with van der Waals surface area (Å²) in [5, 5.41) is 4.14. The third kappa shape index (κ3) is 4.37. The van der Waals surface area contributed by atoms with Crippen molar-refractivity contribution in [2.45, 2.75) is 51.6 Å². The van der Waals surface area contributed by atoms with Crippen molar-refractivity contribution in [2.24, 2.45) is 0 Å². The summed E-state index contributed by atoms with van der Waals surface area (Å²) in [6, 6.07) is 15.5. The van der Waals surface area contributed by atoms with Crippen LogP contribution in [0.5, 0.6) is 5.75 Å². The van der Waals surface area contributed by atoms with Gasteiger partial charge in [-0.05, 0) is 38.0 Å². The monoisotopic (exact) mass is 405 g/mol. The van der Waals surface area contributed by atoms with Gasteiger partial charge in [0.1, 0.15) is 12.3 Å². The summed E-state index contributed by atoms with van der Waals surface area (Å²) in [4.78, 5) is 20.0. The molecule has 0 spiro atoms. The second-order valence-corrected chi connectivity index (χ2v) is 7.81. The Hall–Kier alpha value is -3.15. The molecule has 6 nitrogen and oxygen atoms in total. The molecule has 0 saturated heterocycles. The molecule has 1 aromatic heterocycles. The molecule has 1 heterocycles. The third-order valence-electron chi connectivity index (χ3n) is 5.66. The van der Waals surface area contributed by atoms with Crippen LogP contribution in [-0.4, -0.2) is 34.1 Å². The van der Waals surface area contributed by atoms with Crippen LogP contribution >= 0.6 is 0 Å². The second-order valence-electron chi connectivity index (χ2n) is 7.81. The van der Waals surface area contributed by atoms with Crippen LogP contribution in [0, 0.1) is 6.92 Å². The lowest BCUT2D eigenvalue weighted by molar-refractivity contribution is 0.0583. The van der Waals surface area contributed by atoms with Gasteiger partial charge in [0.15, 0.2) is 0 Å². The van der Waals surface area contributed by atoms with Crippen LogP contribution in [0.3, 0.4) is 0 Å². The molecular weight excluding hydrogens is 378 g/mol. The average molecular weight is 405 g/mol. The van der Waals surface area contributed by atoms with Crippen LogP contribution in [-0.2, 0) is 6.54 Å². The fourth-order valence-corrected chi connectivity index (χ4v) is 4.10. The Morgan fingerprint density at radius 1 is 1.13 bits per heavy atom. The number of rotatable bonds is 6. The molecule has 0 aliphatic heterocycles. The van der Waals surface area contributed by atoms with Crippen molar-refractivity contribution < 1.29 is 14.1 Å². The molecular formula is C24H27N3O3. The van der Waals surface area contributed by atoms with Crippen LogP contribution in [0.15, 0.2) is 53.1 Å². The minimum absolute atomic E-state index is 0.0605. The van der Waals surface area contributed by atoms with E-state index in [1.165, 1.54) is 6.42 Å². The van der Waals surface area contributed by atoms with Crippen LogP contribution in [0.4, 0.5) is 0 Å². The van der Waals surface area contributed by atoms with Gasteiger partial charge in [0.2, 0.25) is 11.7 Å². The Morgan fingerprint density at radius 2 is 1.93 bits per heavy atom. The van der Waals surface area contributed by atoms with Crippen molar-refractivity contribution in [1.82, 2.24) is 15.0 Å². The van der Waals surface area contributed by atoms with E-state index in [-0.39, 0.29) is 11.9 Å². The quantitative estimate of drug-likeness (QED) is 0.575. The molecule has 1 fully saturated rings. The molecule has 0 unspecified atom stereocenters. The molecule has 1 aliphatic rings. The van der Waals surface area contributed by atoms with Gasteiger partial charge in [-0.15, -0.1) is 0 Å². The Kier molecular flexibility index (Phi) is 6.12. The van der Waals surface area contributed by atoms with Gasteiger partial charge in [-0.2, -0.15) is 4.98 Å². The molecule has 2 aromatic carbocycles. The summed E-state index contributed by atoms with van der Waals surface area (Å²) in [6.07, 6.45) is 5.43. The lowest BCUT2D eigenvalue weighted by Gasteiger charge is -2.33. The molecule has 1 amide bonds. The summed E-state index contributed by atoms with van der Waals surface area (Å²) in [7, 11) is 1.59. The molecule has 4 rings (SSSR count). The highest BCUT2D eigenvalue weighted by Crippen LogP contribution is 2.28. The van der Waals surface area contributed by atoms with E-state index >= 15 is 0 Å². The van der Waals surface area contributed by atoms with Gasteiger partial charge in [0.25, 0.3) is 5.91 Å². The number of aryl methyl sites for hydroxylation is 1. The summed E-state index contributed by atoms with van der Waals surface area (Å²) in [5.74, 6) is 1.51. The maximum atomic E-state index is 13.5. The van der Waals surface area contributed by atoms with Crippen LogP contribution in [0.1, 0.15) is 53.9 Å². The lowest BCUT2D eigenvalue weighted by Crippen LogP contribution is -2.41. The summed E-state index contributed by atoms with van der Waals surface area (Å²) < 4.78 is 11.0. The molecule has 0 N–H and O–H groups in total. The maximum absolute atomic E-state index is 13.5. The Labute approximate surface area is 176 Å². The van der Waals surface area contributed by atoms with E-state index in [1.807, 2.05) is 60.4 Å². The van der Waals surface area contributed by atoms with Crippen molar-refractivity contribution in [2.75, 3.05) is 7.11 Å². The Balaban J connectivity index is 1.61. The third-order valence-corrected chi connectivity index (χ3v) is 5.66. The Bertz CT molecular complexity index is 1010. The van der Waals surface area contributed by atoms with Crippen LogP contribution in [0.2, 0.25) is 0 Å². The van der Waals surface area contributed by atoms with Crippen molar-refractivity contribution in [3.05, 3.63) is 65.5 Å². The van der Waals surface area contributed by atoms with E-state index in [0.29, 0.717) is 29.6 Å². The van der Waals surface area contributed by atoms with Crippen LogP contribution in [0.25, 0.3) is 11.4 Å². The second kappa shape index (κ2) is 9.11. The zero-order valence-corrected chi connectivity index (χ0v) is 17.5. The number of ether oxygens (including phenoxy) is 1. The van der Waals surface area contributed by atoms with Crippen molar-refractivity contribution in [1.29, 1.82) is 0 Å². The number of hydrogen-bond acceptors (Lipinski definition) is 5. The average Bonchev–Trinajstić information content (AvgIpc) is 3.26. The van der Waals surface area contributed by atoms with Gasteiger partial charge in [-0.1, -0.05) is 60.3 Å². The number of methoxy groups -OCH3 is 1. The van der Waals surface area contributed by atoms with E-state index in [1.54, 1.807) is 7.11 Å². The van der Waals surface area contributed by atoms with E-state index in [0.717, 1.165) is 36.8 Å². The zero-order valence-electron chi connectivity index (χ0n) is 17.5. The summed E-state index contributed by atoms with van der Waals surface area (Å²) in [6.45, 7) is 2.32. The molecule has 30 heavy (non-hydrogen) atoms. The number of carbonyl (C=O) groups excluding carboxylic acids is 1. The smallest absolute Gasteiger partial charge is 0.258 e. The fourth-order valence-electron chi connectivity index (χ4n) is 4.10. The number of nitrogens with zero attached hydrogens (tertiary/aromatic N) is 3. The largest absolute Gasteiger partial charge is 0.496 e. The van der Waals surface area contributed by atoms with Crippen molar-refractivity contribution in [3.8, 4) is 17.1 Å². The van der Waals surface area contributed by atoms with Gasteiger partial charge in [-0.3, -0.25) is 4.79 Å². The first kappa shape index (κ1) is 20.1. The van der Waals surface area contributed by atoms with E-state index in [2.05, 4.69) is 10.1 Å². The zero-order chi connectivity index (χ0) is 20.9. The minimum atomic E-state index is -0.0605. The fraction of sp³-hybridized carbons (Fsp3) is 0.375. The SMILES string of the molecule is COc1ccccc1C(=O)N(Cc1nc(-c2cccc(C)c2)no1)C1CCCCC1. The predicted octanol–water partition coefficient (Wildman–Crippen LogP) is 5.03. The molecule has 1 saturated carbocycles. The van der Waals surface area contributed by atoms with E-state index in [4.69, 9.17) is 9.26 Å². The number of para-hydroxylation sites is 1. The van der Waals surface area contributed by atoms with Gasteiger partial charge < -0.3 is 14.2 Å². The molecule has 0 atom stereocenters. The summed E-state index contributed by atoms with van der Waals surface area (Å²) in [5.41, 5.74) is 2.60. The first-order chi connectivity index (χ1) is 14.7. The summed E-state index contributed by atoms with van der Waals surface area (Å²) >= 11 is 0. The number of carbonyl (C=O) groups is 1. The number of amides is 1. The maximum Gasteiger partial charge on any atom is 0.258 e. The van der Waals surface area contributed by atoms with Crippen molar-refractivity contribution >= 4 is 5.91 Å². The van der Waals surface area contributed by atoms with Crippen LogP contribution < -0.4 is 4.74 Å². The highest BCUT2D eigenvalue weighted by molar-refractivity contribution is 5.97. The minimum Gasteiger partial charge on any atom is -0.496 e. The first-order valence-electron chi connectivity index (χ1n) is 10.5. The predicted molar refractivity (Wildman–Crippen MR) is 114 cm³/mol. The molecule has 0 bridgehead atoms. The Morgan fingerprint density at radius 3 is 2.70 bits per heavy atom. The standard InChI is InChI=1S/C24H27N3O3/c1-17-9-8-10-18(15-17)23-25-22(30-26-23)16-27(19-11-4-3-5-12-19)24(28)20-13-6-7-14-21(20)29-2/h6-10,13-15,19H,3-5,11-12,16H2,1-2H3. The van der Waals surface area contributed by atoms with Crippen molar-refractivity contribution in [3.63, 3.8) is 0 Å². The normalized spacial score (nSPS) is 14.5. The molecule has 6 heteroatoms. The van der Waals surface area contributed by atoms with Gasteiger partial charge in [-0.25, -0.2) is 0 Å². The topological polar surface area (TPSA) is 68.5 Å². The number of aromatic nitrogens is 2. The number of hydrogen-bond donors (Lipinski definition) is 0. The molecule has 3 aromatic rings. The molecule has 1 aliphatic carbocycles. The number of benzene rings is 2. The lowest BCUT2D eigenvalue weighted by atomic mass is 9.93. The van der Waals surface area contributed by atoms with Gasteiger partial charge in [0, 0.05) is 11.6 Å². The molecule has 156 valence electrons. The van der Waals surface area contributed by atoms with E-state index < -0.39 is 0 Å². The van der Waals surface area contributed by atoms with Gasteiger partial charge in [0.05, 0.1) is 12.7 Å². The highest BCUT2D eigenvalue weighted by atomic mass is 16.5. The first-order valence-corrected chi connectivity index (χ1v) is 10.5. The van der Waals surface area contributed by atoms with E-state index in [9.17, 15) is 4.79 Å². The van der Waals surface area contributed by atoms with Gasteiger partial charge >= 0.3 is 0 Å². The molecule has 0 radical (unpaired) electrons. The highest BCUT2D eigenvalue weighted by Gasteiger charge is 2.29.